The number of urea groups is 1. The third-order valence-electron chi connectivity index (χ3n) is 4.22. The van der Waals surface area contributed by atoms with Crippen molar-refractivity contribution in [3.8, 4) is 0 Å². The summed E-state index contributed by atoms with van der Waals surface area (Å²) in [6.07, 6.45) is 1.69. The van der Waals surface area contributed by atoms with Gasteiger partial charge in [-0.2, -0.15) is 0 Å². The molecule has 0 spiro atoms. The SMILES string of the molecule is CCN1CCN(C(=O)NCCC(C)CCC(=O)O)CC1C. The van der Waals surface area contributed by atoms with Crippen LogP contribution in [-0.4, -0.2) is 65.7 Å². The van der Waals surface area contributed by atoms with Gasteiger partial charge in [-0.3, -0.25) is 9.69 Å². The summed E-state index contributed by atoms with van der Waals surface area (Å²) in [6, 6.07) is 0.409. The van der Waals surface area contributed by atoms with Crippen LogP contribution in [0.25, 0.3) is 0 Å². The Morgan fingerprint density at radius 3 is 2.62 bits per heavy atom. The molecule has 0 aliphatic carbocycles. The van der Waals surface area contributed by atoms with Crippen molar-refractivity contribution in [3.63, 3.8) is 0 Å². The van der Waals surface area contributed by atoms with Gasteiger partial charge in [0.1, 0.15) is 0 Å². The van der Waals surface area contributed by atoms with Crippen molar-refractivity contribution in [1.82, 2.24) is 15.1 Å². The minimum atomic E-state index is -0.756. The zero-order chi connectivity index (χ0) is 15.8. The average molecular weight is 299 g/mol. The Kier molecular flexibility index (Phi) is 7.50. The van der Waals surface area contributed by atoms with Crippen molar-refractivity contribution < 1.29 is 14.7 Å². The molecule has 1 aliphatic heterocycles. The summed E-state index contributed by atoms with van der Waals surface area (Å²) >= 11 is 0. The van der Waals surface area contributed by atoms with Crippen LogP contribution < -0.4 is 5.32 Å². The van der Waals surface area contributed by atoms with Crippen LogP contribution >= 0.6 is 0 Å². The molecule has 1 fully saturated rings. The second-order valence-electron chi connectivity index (χ2n) is 5.98. The van der Waals surface area contributed by atoms with E-state index in [2.05, 4.69) is 24.1 Å². The molecule has 0 bridgehead atoms. The first-order valence-corrected chi connectivity index (χ1v) is 7.92. The van der Waals surface area contributed by atoms with E-state index >= 15 is 0 Å². The number of nitrogens with zero attached hydrogens (tertiary/aromatic N) is 2. The molecule has 0 aromatic carbocycles. The Bertz CT molecular complexity index is 349. The van der Waals surface area contributed by atoms with E-state index in [0.717, 1.165) is 32.6 Å². The van der Waals surface area contributed by atoms with E-state index in [9.17, 15) is 9.59 Å². The fourth-order valence-electron chi connectivity index (χ4n) is 2.70. The highest BCUT2D eigenvalue weighted by Gasteiger charge is 2.25. The van der Waals surface area contributed by atoms with Gasteiger partial charge in [0.2, 0.25) is 0 Å². The summed E-state index contributed by atoms with van der Waals surface area (Å²) in [6.45, 7) is 10.4. The topological polar surface area (TPSA) is 72.9 Å². The van der Waals surface area contributed by atoms with Gasteiger partial charge in [-0.15, -0.1) is 0 Å². The summed E-state index contributed by atoms with van der Waals surface area (Å²) in [5.41, 5.74) is 0. The zero-order valence-corrected chi connectivity index (χ0v) is 13.5. The molecule has 6 nitrogen and oxygen atoms in total. The molecule has 1 aliphatic rings. The number of hydrogen-bond donors (Lipinski definition) is 2. The molecule has 2 atom stereocenters. The van der Waals surface area contributed by atoms with Crippen molar-refractivity contribution in [2.45, 2.75) is 46.1 Å². The van der Waals surface area contributed by atoms with Gasteiger partial charge in [-0.1, -0.05) is 13.8 Å². The van der Waals surface area contributed by atoms with E-state index < -0.39 is 5.97 Å². The maximum absolute atomic E-state index is 12.1. The normalized spacial score (nSPS) is 21.1. The number of carbonyl (C=O) groups is 2. The minimum Gasteiger partial charge on any atom is -0.481 e. The lowest BCUT2D eigenvalue weighted by Gasteiger charge is -2.39. The Morgan fingerprint density at radius 1 is 1.33 bits per heavy atom. The van der Waals surface area contributed by atoms with Gasteiger partial charge in [-0.05, 0) is 32.2 Å². The molecule has 2 amide bonds. The number of piperazine rings is 1. The maximum atomic E-state index is 12.1. The van der Waals surface area contributed by atoms with E-state index in [1.807, 2.05) is 11.8 Å². The number of nitrogens with one attached hydrogen (secondary N) is 1. The molecule has 0 aromatic rings. The molecule has 6 heteroatoms. The summed E-state index contributed by atoms with van der Waals surface area (Å²) in [5.74, 6) is -0.439. The smallest absolute Gasteiger partial charge is 0.317 e. The lowest BCUT2D eigenvalue weighted by Crippen LogP contribution is -2.55. The van der Waals surface area contributed by atoms with Crippen LogP contribution in [0, 0.1) is 5.92 Å². The Hall–Kier alpha value is -1.30. The highest BCUT2D eigenvalue weighted by atomic mass is 16.4. The molecule has 2 unspecified atom stereocenters. The zero-order valence-electron chi connectivity index (χ0n) is 13.5. The van der Waals surface area contributed by atoms with Crippen LogP contribution in [0.1, 0.15) is 40.0 Å². The minimum absolute atomic E-state index is 0.00281. The largest absolute Gasteiger partial charge is 0.481 e. The first-order chi connectivity index (χ1) is 9.93. The number of hydrogen-bond acceptors (Lipinski definition) is 3. The molecule has 1 heterocycles. The van der Waals surface area contributed by atoms with Gasteiger partial charge in [0.05, 0.1) is 0 Å². The van der Waals surface area contributed by atoms with Gasteiger partial charge in [0.15, 0.2) is 0 Å². The van der Waals surface area contributed by atoms with Crippen LogP contribution in [0.3, 0.4) is 0 Å². The van der Waals surface area contributed by atoms with Crippen molar-refractivity contribution in [2.24, 2.45) is 5.92 Å². The van der Waals surface area contributed by atoms with Crippen molar-refractivity contribution >= 4 is 12.0 Å². The average Bonchev–Trinajstić information content (AvgIpc) is 2.44. The van der Waals surface area contributed by atoms with Gasteiger partial charge < -0.3 is 15.3 Å². The van der Waals surface area contributed by atoms with Crippen molar-refractivity contribution in [3.05, 3.63) is 0 Å². The number of amides is 2. The molecular weight excluding hydrogens is 270 g/mol. The van der Waals surface area contributed by atoms with Crippen molar-refractivity contribution in [2.75, 3.05) is 32.7 Å². The first-order valence-electron chi connectivity index (χ1n) is 7.92. The number of carbonyl (C=O) groups excluding carboxylic acids is 1. The Balaban J connectivity index is 2.20. The Morgan fingerprint density at radius 2 is 2.05 bits per heavy atom. The molecule has 0 radical (unpaired) electrons. The third-order valence-corrected chi connectivity index (χ3v) is 4.22. The quantitative estimate of drug-likeness (QED) is 0.749. The van der Waals surface area contributed by atoms with Crippen LogP contribution in [-0.2, 0) is 4.79 Å². The number of carboxylic acid groups (broad SMARTS) is 1. The van der Waals surface area contributed by atoms with E-state index in [1.165, 1.54) is 0 Å². The van der Waals surface area contributed by atoms with Gasteiger partial charge in [0.25, 0.3) is 0 Å². The lowest BCUT2D eigenvalue weighted by molar-refractivity contribution is -0.137. The molecule has 0 aromatic heterocycles. The van der Waals surface area contributed by atoms with E-state index in [4.69, 9.17) is 5.11 Å². The predicted molar refractivity (Wildman–Crippen MR) is 82.3 cm³/mol. The monoisotopic (exact) mass is 299 g/mol. The number of aliphatic carboxylic acids is 1. The van der Waals surface area contributed by atoms with Crippen LogP contribution in [0.5, 0.6) is 0 Å². The second-order valence-corrected chi connectivity index (χ2v) is 5.98. The van der Waals surface area contributed by atoms with Crippen LogP contribution in [0.2, 0.25) is 0 Å². The summed E-state index contributed by atoms with van der Waals surface area (Å²) in [7, 11) is 0. The van der Waals surface area contributed by atoms with E-state index in [0.29, 0.717) is 24.9 Å². The van der Waals surface area contributed by atoms with Crippen LogP contribution in [0.4, 0.5) is 4.79 Å². The van der Waals surface area contributed by atoms with Crippen molar-refractivity contribution in [1.29, 1.82) is 0 Å². The number of carboxylic acids is 1. The molecule has 0 saturated carbocycles. The molecule has 2 N–H and O–H groups in total. The summed E-state index contributed by atoms with van der Waals surface area (Å²) in [4.78, 5) is 26.8. The standard InChI is InChI=1S/C15H29N3O3/c1-4-17-9-10-18(11-13(17)3)15(21)16-8-7-12(2)5-6-14(19)20/h12-13H,4-11H2,1-3H3,(H,16,21)(H,19,20). The molecule has 1 rings (SSSR count). The second kappa shape index (κ2) is 8.87. The first kappa shape index (κ1) is 17.8. The molecular formula is C15H29N3O3. The lowest BCUT2D eigenvalue weighted by atomic mass is 10.0. The number of rotatable bonds is 7. The fraction of sp³-hybridized carbons (Fsp3) is 0.867. The Labute approximate surface area is 127 Å². The van der Waals surface area contributed by atoms with Gasteiger partial charge >= 0.3 is 12.0 Å². The predicted octanol–water partition coefficient (Wildman–Crippen LogP) is 1.61. The molecule has 21 heavy (non-hydrogen) atoms. The summed E-state index contributed by atoms with van der Waals surface area (Å²) in [5, 5.41) is 11.6. The van der Waals surface area contributed by atoms with E-state index in [1.54, 1.807) is 0 Å². The van der Waals surface area contributed by atoms with Gasteiger partial charge in [-0.25, -0.2) is 4.79 Å². The van der Waals surface area contributed by atoms with Gasteiger partial charge in [0, 0.05) is 38.6 Å². The highest BCUT2D eigenvalue weighted by molar-refractivity contribution is 5.74. The maximum Gasteiger partial charge on any atom is 0.317 e. The molecule has 122 valence electrons. The highest BCUT2D eigenvalue weighted by Crippen LogP contribution is 2.11. The third kappa shape index (κ3) is 6.33. The van der Waals surface area contributed by atoms with E-state index in [-0.39, 0.29) is 12.5 Å². The summed E-state index contributed by atoms with van der Waals surface area (Å²) < 4.78 is 0. The van der Waals surface area contributed by atoms with Crippen LogP contribution in [0.15, 0.2) is 0 Å². The number of likely N-dealkylation sites (N-methyl/N-ethyl adjacent to an activating group) is 1. The molecule has 1 saturated heterocycles. The fourth-order valence-corrected chi connectivity index (χ4v) is 2.70.